The normalized spacial score (nSPS) is 23.3. The number of amides is 2. The van der Waals surface area contributed by atoms with Crippen LogP contribution in [-0.4, -0.2) is 29.7 Å². The lowest BCUT2D eigenvalue weighted by Crippen LogP contribution is -2.52. The minimum absolute atomic E-state index is 0.0942. The van der Waals surface area contributed by atoms with Crippen molar-refractivity contribution in [2.75, 3.05) is 0 Å². The van der Waals surface area contributed by atoms with E-state index in [1.807, 2.05) is 34.6 Å². The standard InChI is InChI=1S/C18H34N2O3/c1-12(2)11-15(20-17(22)23-18(4,5)6)16(21)19-14-10-8-7-9-13(14)3/h12-15H,7-11H2,1-6H3,(H,19,21)(H,20,22)/t13-,14-,15+/m1/s1. The molecule has 1 aliphatic carbocycles. The van der Waals surface area contributed by atoms with Gasteiger partial charge in [-0.1, -0.05) is 33.6 Å². The third kappa shape index (κ3) is 7.71. The van der Waals surface area contributed by atoms with Crippen LogP contribution < -0.4 is 10.6 Å². The Labute approximate surface area is 140 Å². The minimum Gasteiger partial charge on any atom is -0.444 e. The first-order chi connectivity index (χ1) is 10.6. The van der Waals surface area contributed by atoms with E-state index in [4.69, 9.17) is 4.74 Å². The predicted octanol–water partition coefficient (Wildman–Crippen LogP) is 3.62. The molecule has 0 aromatic heterocycles. The third-order valence-electron chi connectivity index (χ3n) is 4.15. The Hall–Kier alpha value is -1.26. The molecule has 1 rings (SSSR count). The Bertz CT molecular complexity index is 402. The van der Waals surface area contributed by atoms with Crippen LogP contribution in [0.2, 0.25) is 0 Å². The number of nitrogens with one attached hydrogen (secondary N) is 2. The monoisotopic (exact) mass is 326 g/mol. The van der Waals surface area contributed by atoms with Crippen molar-refractivity contribution in [3.63, 3.8) is 0 Å². The highest BCUT2D eigenvalue weighted by Gasteiger charge is 2.29. The third-order valence-corrected chi connectivity index (χ3v) is 4.15. The summed E-state index contributed by atoms with van der Waals surface area (Å²) in [5.41, 5.74) is -0.569. The molecule has 0 aromatic carbocycles. The zero-order valence-electron chi connectivity index (χ0n) is 15.6. The molecule has 0 bridgehead atoms. The Morgan fingerprint density at radius 2 is 1.78 bits per heavy atom. The van der Waals surface area contributed by atoms with Gasteiger partial charge in [-0.3, -0.25) is 4.79 Å². The van der Waals surface area contributed by atoms with E-state index in [0.717, 1.165) is 19.3 Å². The van der Waals surface area contributed by atoms with E-state index >= 15 is 0 Å². The van der Waals surface area contributed by atoms with Crippen LogP contribution in [0, 0.1) is 11.8 Å². The van der Waals surface area contributed by atoms with Gasteiger partial charge in [0.1, 0.15) is 11.6 Å². The van der Waals surface area contributed by atoms with Crippen molar-refractivity contribution in [2.24, 2.45) is 11.8 Å². The van der Waals surface area contributed by atoms with Crippen molar-refractivity contribution >= 4 is 12.0 Å². The van der Waals surface area contributed by atoms with Gasteiger partial charge in [0, 0.05) is 6.04 Å². The number of hydrogen-bond donors (Lipinski definition) is 2. The minimum atomic E-state index is -0.569. The van der Waals surface area contributed by atoms with Gasteiger partial charge in [0.15, 0.2) is 0 Å². The summed E-state index contributed by atoms with van der Waals surface area (Å²) in [6, 6.07) is -0.328. The highest BCUT2D eigenvalue weighted by Crippen LogP contribution is 2.24. The van der Waals surface area contributed by atoms with Gasteiger partial charge in [0.25, 0.3) is 0 Å². The van der Waals surface area contributed by atoms with Crippen molar-refractivity contribution < 1.29 is 14.3 Å². The second-order valence-electron chi connectivity index (χ2n) is 8.21. The molecule has 134 valence electrons. The van der Waals surface area contributed by atoms with E-state index < -0.39 is 17.7 Å². The van der Waals surface area contributed by atoms with E-state index in [9.17, 15) is 9.59 Å². The summed E-state index contributed by atoms with van der Waals surface area (Å²) in [6.45, 7) is 11.7. The van der Waals surface area contributed by atoms with E-state index in [1.165, 1.54) is 6.42 Å². The van der Waals surface area contributed by atoms with Gasteiger partial charge in [0.2, 0.25) is 5.91 Å². The van der Waals surface area contributed by atoms with Crippen LogP contribution in [0.15, 0.2) is 0 Å². The molecule has 0 saturated heterocycles. The summed E-state index contributed by atoms with van der Waals surface area (Å²) < 4.78 is 5.28. The molecule has 0 radical (unpaired) electrons. The van der Waals surface area contributed by atoms with Crippen LogP contribution in [0.4, 0.5) is 4.79 Å². The van der Waals surface area contributed by atoms with Crippen molar-refractivity contribution in [1.29, 1.82) is 0 Å². The largest absolute Gasteiger partial charge is 0.444 e. The molecule has 0 unspecified atom stereocenters. The summed E-state index contributed by atoms with van der Waals surface area (Å²) in [5.74, 6) is 0.710. The van der Waals surface area contributed by atoms with Gasteiger partial charge in [-0.25, -0.2) is 4.79 Å². The van der Waals surface area contributed by atoms with Crippen LogP contribution >= 0.6 is 0 Å². The van der Waals surface area contributed by atoms with E-state index in [0.29, 0.717) is 18.3 Å². The first-order valence-electron chi connectivity index (χ1n) is 8.88. The SMILES string of the molecule is CC(C)C[C@H](NC(=O)OC(C)(C)C)C(=O)N[C@@H]1CCCC[C@H]1C. The molecule has 0 aromatic rings. The summed E-state index contributed by atoms with van der Waals surface area (Å²) >= 11 is 0. The van der Waals surface area contributed by atoms with Crippen molar-refractivity contribution in [2.45, 2.75) is 91.3 Å². The number of alkyl carbamates (subject to hydrolysis) is 1. The van der Waals surface area contributed by atoms with Crippen LogP contribution in [-0.2, 0) is 9.53 Å². The fraction of sp³-hybridized carbons (Fsp3) is 0.889. The summed E-state index contributed by atoms with van der Waals surface area (Å²) in [6.07, 6.45) is 4.64. The lowest BCUT2D eigenvalue weighted by atomic mass is 9.85. The zero-order valence-corrected chi connectivity index (χ0v) is 15.6. The predicted molar refractivity (Wildman–Crippen MR) is 92.2 cm³/mol. The molecule has 2 amide bonds. The Morgan fingerprint density at radius 1 is 1.17 bits per heavy atom. The average molecular weight is 326 g/mol. The lowest BCUT2D eigenvalue weighted by molar-refractivity contribution is -0.124. The van der Waals surface area contributed by atoms with E-state index in [-0.39, 0.29) is 11.9 Å². The molecule has 23 heavy (non-hydrogen) atoms. The fourth-order valence-corrected chi connectivity index (χ4v) is 2.97. The number of hydrogen-bond acceptors (Lipinski definition) is 3. The number of ether oxygens (including phenoxy) is 1. The van der Waals surface area contributed by atoms with Crippen LogP contribution in [0.3, 0.4) is 0 Å². The highest BCUT2D eigenvalue weighted by molar-refractivity contribution is 5.85. The molecule has 5 heteroatoms. The van der Waals surface area contributed by atoms with Crippen molar-refractivity contribution in [3.05, 3.63) is 0 Å². The molecule has 0 spiro atoms. The first kappa shape index (κ1) is 19.8. The molecular formula is C18H34N2O3. The molecule has 2 N–H and O–H groups in total. The van der Waals surface area contributed by atoms with E-state index in [2.05, 4.69) is 17.6 Å². The Kier molecular flexibility index (Phi) is 7.36. The summed E-state index contributed by atoms with van der Waals surface area (Å²) in [5, 5.41) is 5.87. The van der Waals surface area contributed by atoms with Gasteiger partial charge < -0.3 is 15.4 Å². The maximum atomic E-state index is 12.6. The molecule has 1 fully saturated rings. The maximum Gasteiger partial charge on any atom is 0.408 e. The Balaban J connectivity index is 2.64. The fourth-order valence-electron chi connectivity index (χ4n) is 2.97. The Morgan fingerprint density at radius 3 is 2.30 bits per heavy atom. The number of carbonyl (C=O) groups excluding carboxylic acids is 2. The molecule has 0 heterocycles. The first-order valence-corrected chi connectivity index (χ1v) is 8.88. The molecule has 1 saturated carbocycles. The zero-order chi connectivity index (χ0) is 17.6. The highest BCUT2D eigenvalue weighted by atomic mass is 16.6. The topological polar surface area (TPSA) is 67.4 Å². The molecule has 1 aliphatic rings. The average Bonchev–Trinajstić information content (AvgIpc) is 2.37. The van der Waals surface area contributed by atoms with Crippen molar-refractivity contribution in [3.8, 4) is 0 Å². The molecule has 3 atom stereocenters. The molecular weight excluding hydrogens is 292 g/mol. The quantitative estimate of drug-likeness (QED) is 0.811. The lowest BCUT2D eigenvalue weighted by Gasteiger charge is -2.31. The van der Waals surface area contributed by atoms with Crippen LogP contribution in [0.5, 0.6) is 0 Å². The van der Waals surface area contributed by atoms with E-state index in [1.54, 1.807) is 0 Å². The second-order valence-corrected chi connectivity index (χ2v) is 8.21. The van der Waals surface area contributed by atoms with Gasteiger partial charge in [0.05, 0.1) is 0 Å². The van der Waals surface area contributed by atoms with Gasteiger partial charge in [-0.2, -0.15) is 0 Å². The number of rotatable bonds is 5. The van der Waals surface area contributed by atoms with Crippen LogP contribution in [0.1, 0.15) is 73.6 Å². The number of carbonyl (C=O) groups is 2. The van der Waals surface area contributed by atoms with Crippen molar-refractivity contribution in [1.82, 2.24) is 10.6 Å². The molecule has 0 aliphatic heterocycles. The van der Waals surface area contributed by atoms with Crippen LogP contribution in [0.25, 0.3) is 0 Å². The van der Waals surface area contributed by atoms with Gasteiger partial charge >= 0.3 is 6.09 Å². The van der Waals surface area contributed by atoms with Gasteiger partial charge in [-0.15, -0.1) is 0 Å². The summed E-state index contributed by atoms with van der Waals surface area (Å²) in [7, 11) is 0. The summed E-state index contributed by atoms with van der Waals surface area (Å²) in [4.78, 5) is 24.6. The molecule has 5 nitrogen and oxygen atoms in total. The smallest absolute Gasteiger partial charge is 0.408 e. The second kappa shape index (κ2) is 8.55. The maximum absolute atomic E-state index is 12.6. The van der Waals surface area contributed by atoms with Gasteiger partial charge in [-0.05, 0) is 51.9 Å².